The van der Waals surface area contributed by atoms with E-state index in [2.05, 4.69) is 41.3 Å². The van der Waals surface area contributed by atoms with Gasteiger partial charge >= 0.3 is 0 Å². The molecule has 3 aromatic heterocycles. The van der Waals surface area contributed by atoms with Crippen LogP contribution < -0.4 is 10.6 Å². The molecule has 0 saturated carbocycles. The van der Waals surface area contributed by atoms with E-state index >= 15 is 0 Å². The van der Waals surface area contributed by atoms with Crippen molar-refractivity contribution < 1.29 is 18.4 Å². The molecule has 3 heterocycles. The van der Waals surface area contributed by atoms with Crippen LogP contribution in [0.15, 0.2) is 48.7 Å². The van der Waals surface area contributed by atoms with Gasteiger partial charge in [-0.1, -0.05) is 29.8 Å². The lowest BCUT2D eigenvalue weighted by molar-refractivity contribution is 0.0929. The molecule has 0 radical (unpaired) electrons. The average molecular weight is 550 g/mol. The van der Waals surface area contributed by atoms with Gasteiger partial charge in [0.25, 0.3) is 11.8 Å². The number of aromatic amines is 1. The van der Waals surface area contributed by atoms with E-state index in [9.17, 15) is 18.4 Å². The topological polar surface area (TPSA) is 143 Å². The number of halogens is 3. The summed E-state index contributed by atoms with van der Waals surface area (Å²) in [6, 6.07) is 10.7. The number of benzene rings is 2. The average Bonchev–Trinajstić information content (AvgIpc) is 3.69. The Morgan fingerprint density at radius 2 is 1.97 bits per heavy atom. The molecule has 5 aromatic rings. The van der Waals surface area contributed by atoms with Gasteiger partial charge in [-0.15, -0.1) is 5.10 Å². The summed E-state index contributed by atoms with van der Waals surface area (Å²) in [5.74, 6) is -2.04. The molecule has 0 saturated heterocycles. The summed E-state index contributed by atoms with van der Waals surface area (Å²) in [7, 11) is 0. The second-order valence-corrected chi connectivity index (χ2v) is 9.32. The maximum Gasteiger partial charge on any atom is 0.270 e. The first-order valence-electron chi connectivity index (χ1n) is 11.8. The summed E-state index contributed by atoms with van der Waals surface area (Å²) in [5.41, 5.74) is 2.84. The Kier molecular flexibility index (Phi) is 6.19. The van der Waals surface area contributed by atoms with Gasteiger partial charge in [0.2, 0.25) is 0 Å². The number of amides is 2. The fraction of sp³-hybridized carbons (Fsp3) is 0.160. The maximum atomic E-state index is 14.4. The van der Waals surface area contributed by atoms with Crippen molar-refractivity contribution in [2.75, 3.05) is 0 Å². The molecule has 196 valence electrons. The van der Waals surface area contributed by atoms with Crippen LogP contribution in [0.25, 0.3) is 17.0 Å². The molecule has 39 heavy (non-hydrogen) atoms. The minimum absolute atomic E-state index is 0.0138. The number of aromatic nitrogens is 7. The zero-order valence-electron chi connectivity index (χ0n) is 20.0. The number of nitrogens with one attached hydrogen (secondary N) is 3. The summed E-state index contributed by atoms with van der Waals surface area (Å²) in [5, 5.41) is 23.3. The van der Waals surface area contributed by atoms with Crippen LogP contribution in [0.3, 0.4) is 0 Å². The van der Waals surface area contributed by atoms with E-state index in [0.29, 0.717) is 17.8 Å². The Balaban J connectivity index is 1.24. The van der Waals surface area contributed by atoms with Crippen molar-refractivity contribution in [1.82, 2.24) is 45.9 Å². The number of nitrogens with zero attached hydrogens (tertiary/aromatic N) is 6. The third-order valence-corrected chi connectivity index (χ3v) is 6.77. The summed E-state index contributed by atoms with van der Waals surface area (Å²) in [6.45, 7) is 0.0138. The second kappa shape index (κ2) is 9.83. The van der Waals surface area contributed by atoms with Crippen molar-refractivity contribution in [1.29, 1.82) is 0 Å². The normalized spacial score (nSPS) is 14.4. The number of rotatable bonds is 6. The van der Waals surface area contributed by atoms with Crippen LogP contribution in [-0.4, -0.2) is 47.0 Å². The highest BCUT2D eigenvalue weighted by molar-refractivity contribution is 6.30. The minimum atomic E-state index is -0.787. The molecule has 11 nitrogen and oxygen atoms in total. The Bertz CT molecular complexity index is 1740. The van der Waals surface area contributed by atoms with E-state index in [1.165, 1.54) is 24.3 Å². The van der Waals surface area contributed by atoms with Crippen LogP contribution in [0.1, 0.15) is 50.1 Å². The molecule has 2 amide bonds. The molecular formula is C25H18ClF2N9O2. The zero-order chi connectivity index (χ0) is 27.1. The molecule has 2 aromatic carbocycles. The Hall–Kier alpha value is -4.78. The number of aryl methyl sites for hydroxylation is 1. The van der Waals surface area contributed by atoms with E-state index in [1.54, 1.807) is 0 Å². The lowest BCUT2D eigenvalue weighted by Crippen LogP contribution is -2.30. The highest BCUT2D eigenvalue weighted by Crippen LogP contribution is 2.33. The van der Waals surface area contributed by atoms with Crippen molar-refractivity contribution in [3.63, 3.8) is 0 Å². The zero-order valence-corrected chi connectivity index (χ0v) is 20.7. The summed E-state index contributed by atoms with van der Waals surface area (Å²) >= 11 is 5.80. The predicted octanol–water partition coefficient (Wildman–Crippen LogP) is 3.19. The molecule has 1 atom stereocenters. The summed E-state index contributed by atoms with van der Waals surface area (Å²) in [6.07, 6.45) is 2.29. The molecule has 0 fully saturated rings. The Morgan fingerprint density at radius 1 is 1.10 bits per heavy atom. The fourth-order valence-corrected chi connectivity index (χ4v) is 4.77. The number of H-pyrrole nitrogens is 1. The molecular weight excluding hydrogens is 532 g/mol. The monoisotopic (exact) mass is 549 g/mol. The SMILES string of the molecule is O=C(NCc1ccc(F)c(Cl)c1)c1cc(C(=O)N[C@H]2CCc3cc(-c4nnn[nH]4)ccc32)n2ncc(F)c2n1. The van der Waals surface area contributed by atoms with Gasteiger partial charge in [0.15, 0.2) is 17.3 Å². The molecule has 0 spiro atoms. The van der Waals surface area contributed by atoms with Crippen LogP contribution in [0.2, 0.25) is 5.02 Å². The highest BCUT2D eigenvalue weighted by atomic mass is 35.5. The van der Waals surface area contributed by atoms with E-state index in [1.807, 2.05) is 18.2 Å². The van der Waals surface area contributed by atoms with Gasteiger partial charge in [-0.2, -0.15) is 5.10 Å². The first-order chi connectivity index (χ1) is 18.9. The number of hydrogen-bond donors (Lipinski definition) is 3. The molecule has 1 aliphatic rings. The minimum Gasteiger partial charge on any atom is -0.347 e. The third-order valence-electron chi connectivity index (χ3n) is 6.48. The quantitative estimate of drug-likeness (QED) is 0.295. The third kappa shape index (κ3) is 4.68. The smallest absolute Gasteiger partial charge is 0.270 e. The van der Waals surface area contributed by atoms with Gasteiger partial charge in [-0.3, -0.25) is 9.59 Å². The number of fused-ring (bicyclic) bond motifs is 2. The van der Waals surface area contributed by atoms with Crippen molar-refractivity contribution >= 4 is 29.1 Å². The van der Waals surface area contributed by atoms with E-state index in [0.717, 1.165) is 33.8 Å². The molecule has 0 aliphatic heterocycles. The first kappa shape index (κ1) is 24.6. The van der Waals surface area contributed by atoms with Gasteiger partial charge in [-0.25, -0.2) is 23.4 Å². The molecule has 0 bridgehead atoms. The van der Waals surface area contributed by atoms with Crippen LogP contribution in [-0.2, 0) is 13.0 Å². The number of carbonyl (C=O) groups excluding carboxylic acids is 2. The molecule has 1 aliphatic carbocycles. The van der Waals surface area contributed by atoms with Gasteiger partial charge in [0, 0.05) is 18.2 Å². The van der Waals surface area contributed by atoms with Crippen LogP contribution in [0, 0.1) is 11.6 Å². The fourth-order valence-electron chi connectivity index (χ4n) is 4.57. The predicted molar refractivity (Wildman–Crippen MR) is 134 cm³/mol. The molecule has 14 heteroatoms. The maximum absolute atomic E-state index is 14.4. The standard InChI is InChI=1S/C25H18ClF2N9O2/c26-16-7-12(1-5-17(16)27)10-29-24(38)20-9-21(37-23(31-20)18(28)11-30-37)25(39)32-19-6-3-13-8-14(2-4-15(13)19)22-33-35-36-34-22/h1-2,4-5,7-9,11,19H,3,6,10H2,(H,29,38)(H,32,39)(H,33,34,35,36)/t19-/m0/s1. The van der Waals surface area contributed by atoms with Gasteiger partial charge in [-0.05, 0) is 58.2 Å². The van der Waals surface area contributed by atoms with E-state index in [-0.39, 0.29) is 34.6 Å². The molecule has 3 N–H and O–H groups in total. The van der Waals surface area contributed by atoms with Crippen molar-refractivity contribution in [2.45, 2.75) is 25.4 Å². The lowest BCUT2D eigenvalue weighted by Gasteiger charge is -2.15. The van der Waals surface area contributed by atoms with Crippen LogP contribution in [0.5, 0.6) is 0 Å². The van der Waals surface area contributed by atoms with Gasteiger partial charge in [0.05, 0.1) is 17.3 Å². The Morgan fingerprint density at radius 3 is 2.77 bits per heavy atom. The summed E-state index contributed by atoms with van der Waals surface area (Å²) in [4.78, 5) is 30.3. The second-order valence-electron chi connectivity index (χ2n) is 8.91. The lowest BCUT2D eigenvalue weighted by atomic mass is 10.0. The van der Waals surface area contributed by atoms with Gasteiger partial charge in [0.1, 0.15) is 17.2 Å². The van der Waals surface area contributed by atoms with Crippen LogP contribution in [0.4, 0.5) is 8.78 Å². The van der Waals surface area contributed by atoms with Crippen molar-refractivity contribution in [3.8, 4) is 11.4 Å². The van der Waals surface area contributed by atoms with E-state index in [4.69, 9.17) is 11.6 Å². The molecule has 0 unspecified atom stereocenters. The van der Waals surface area contributed by atoms with Crippen molar-refractivity contribution in [3.05, 3.63) is 93.4 Å². The van der Waals surface area contributed by atoms with Crippen LogP contribution >= 0.6 is 11.6 Å². The highest BCUT2D eigenvalue weighted by Gasteiger charge is 2.27. The first-order valence-corrected chi connectivity index (χ1v) is 12.2. The number of hydrogen-bond acceptors (Lipinski definition) is 7. The van der Waals surface area contributed by atoms with Crippen molar-refractivity contribution in [2.24, 2.45) is 0 Å². The number of carbonyl (C=O) groups is 2. The largest absolute Gasteiger partial charge is 0.347 e. The molecule has 6 rings (SSSR count). The number of tetrazole rings is 1. The Labute approximate surface area is 223 Å². The summed E-state index contributed by atoms with van der Waals surface area (Å²) < 4.78 is 28.9. The van der Waals surface area contributed by atoms with E-state index < -0.39 is 23.4 Å². The van der Waals surface area contributed by atoms with Gasteiger partial charge < -0.3 is 10.6 Å².